The smallest absolute Gasteiger partial charge is 0.354 e. The van der Waals surface area contributed by atoms with Gasteiger partial charge in [0.1, 0.15) is 5.69 Å². The van der Waals surface area contributed by atoms with E-state index in [-0.39, 0.29) is 17.8 Å². The van der Waals surface area contributed by atoms with Crippen molar-refractivity contribution in [3.63, 3.8) is 0 Å². The zero-order valence-electron chi connectivity index (χ0n) is 11.0. The largest absolute Gasteiger partial charge is 0.477 e. The van der Waals surface area contributed by atoms with Crippen molar-refractivity contribution in [2.24, 2.45) is 0 Å². The lowest BCUT2D eigenvalue weighted by molar-refractivity contribution is 0.0689. The second-order valence-electron chi connectivity index (χ2n) is 5.09. The molecule has 2 saturated heterocycles. The van der Waals surface area contributed by atoms with Gasteiger partial charge in [0.2, 0.25) is 0 Å². The first kappa shape index (κ1) is 12.9. The van der Waals surface area contributed by atoms with Crippen molar-refractivity contribution >= 4 is 12.0 Å². The molecule has 7 heteroatoms. The number of hydrogen-bond acceptors (Lipinski definition) is 4. The number of fused-ring (bicyclic) bond motifs is 1. The lowest BCUT2D eigenvalue weighted by atomic mass is 10.2. The van der Waals surface area contributed by atoms with Crippen LogP contribution < -0.4 is 5.32 Å². The van der Waals surface area contributed by atoms with Gasteiger partial charge in [0.05, 0.1) is 11.7 Å². The summed E-state index contributed by atoms with van der Waals surface area (Å²) in [5, 5.41) is 11.8. The lowest BCUT2D eigenvalue weighted by Crippen LogP contribution is -2.51. The first-order valence-electron chi connectivity index (χ1n) is 6.59. The summed E-state index contributed by atoms with van der Waals surface area (Å²) in [5.74, 6) is -1.01. The number of nitrogens with zero attached hydrogens (tertiary/aromatic N) is 3. The molecule has 0 aromatic carbocycles. The molecule has 0 saturated carbocycles. The topological polar surface area (TPSA) is 85.8 Å². The van der Waals surface area contributed by atoms with Crippen molar-refractivity contribution in [1.29, 1.82) is 0 Å². The molecule has 1 aromatic rings. The number of aromatic nitrogens is 1. The van der Waals surface area contributed by atoms with Gasteiger partial charge in [-0.1, -0.05) is 6.07 Å². The van der Waals surface area contributed by atoms with Crippen LogP contribution in [0.25, 0.3) is 0 Å². The molecule has 0 spiro atoms. The van der Waals surface area contributed by atoms with Crippen LogP contribution in [0.1, 0.15) is 16.2 Å². The van der Waals surface area contributed by atoms with E-state index in [2.05, 4.69) is 15.2 Å². The number of pyridine rings is 1. The maximum Gasteiger partial charge on any atom is 0.354 e. The molecule has 7 nitrogen and oxygen atoms in total. The van der Waals surface area contributed by atoms with Gasteiger partial charge >= 0.3 is 12.0 Å². The minimum atomic E-state index is -1.01. The number of amides is 2. The molecule has 2 fully saturated rings. The molecule has 2 amide bonds. The zero-order valence-corrected chi connectivity index (χ0v) is 11.0. The molecule has 1 atom stereocenters. The van der Waals surface area contributed by atoms with Crippen molar-refractivity contribution in [3.8, 4) is 0 Å². The number of hydrogen-bond donors (Lipinski definition) is 2. The van der Waals surface area contributed by atoms with Gasteiger partial charge in [0.25, 0.3) is 0 Å². The summed E-state index contributed by atoms with van der Waals surface area (Å²) in [4.78, 5) is 30.6. The van der Waals surface area contributed by atoms with E-state index in [1.807, 2.05) is 11.0 Å². The predicted molar refractivity (Wildman–Crippen MR) is 70.4 cm³/mol. The van der Waals surface area contributed by atoms with Crippen LogP contribution in [0, 0.1) is 0 Å². The molecule has 1 aromatic heterocycles. The lowest BCUT2D eigenvalue weighted by Gasteiger charge is -2.36. The number of carbonyl (C=O) groups is 2. The predicted octanol–water partition coefficient (Wildman–Crippen LogP) is -0.0108. The molecule has 0 radical (unpaired) electrons. The Bertz CT molecular complexity index is 548. The highest BCUT2D eigenvalue weighted by atomic mass is 16.4. The summed E-state index contributed by atoms with van der Waals surface area (Å²) in [7, 11) is 0. The van der Waals surface area contributed by atoms with Crippen LogP contribution in [0.5, 0.6) is 0 Å². The first-order valence-corrected chi connectivity index (χ1v) is 6.59. The number of piperazine rings is 1. The summed E-state index contributed by atoms with van der Waals surface area (Å²) in [5.41, 5.74) is 0.814. The van der Waals surface area contributed by atoms with Crippen molar-refractivity contribution in [3.05, 3.63) is 29.6 Å². The fourth-order valence-electron chi connectivity index (χ4n) is 2.73. The summed E-state index contributed by atoms with van der Waals surface area (Å²) in [6.07, 6.45) is 0. The van der Waals surface area contributed by atoms with Gasteiger partial charge < -0.3 is 15.3 Å². The molecule has 0 aliphatic carbocycles. The van der Waals surface area contributed by atoms with Crippen molar-refractivity contribution in [1.82, 2.24) is 20.1 Å². The van der Waals surface area contributed by atoms with Gasteiger partial charge in [-0.3, -0.25) is 4.90 Å². The number of aromatic carboxylic acids is 1. The van der Waals surface area contributed by atoms with Crippen LogP contribution in [0.4, 0.5) is 4.79 Å². The Morgan fingerprint density at radius 2 is 2.30 bits per heavy atom. The Hall–Kier alpha value is -2.15. The first-order chi connectivity index (χ1) is 9.63. The van der Waals surface area contributed by atoms with Crippen LogP contribution in [0.3, 0.4) is 0 Å². The average Bonchev–Trinajstić information content (AvgIpc) is 2.80. The fourth-order valence-corrected chi connectivity index (χ4v) is 2.73. The van der Waals surface area contributed by atoms with Gasteiger partial charge in [0, 0.05) is 32.7 Å². The molecule has 20 heavy (non-hydrogen) atoms. The molecule has 106 valence electrons. The van der Waals surface area contributed by atoms with Crippen LogP contribution in [-0.4, -0.2) is 64.1 Å². The Labute approximate surface area is 116 Å². The van der Waals surface area contributed by atoms with Crippen molar-refractivity contribution < 1.29 is 14.7 Å². The van der Waals surface area contributed by atoms with Gasteiger partial charge in [0.15, 0.2) is 0 Å². The monoisotopic (exact) mass is 276 g/mol. The molecule has 2 aliphatic rings. The van der Waals surface area contributed by atoms with Gasteiger partial charge in [-0.25, -0.2) is 14.6 Å². The zero-order chi connectivity index (χ0) is 14.1. The van der Waals surface area contributed by atoms with E-state index in [0.29, 0.717) is 19.6 Å². The molecule has 3 rings (SSSR count). The van der Waals surface area contributed by atoms with E-state index in [1.54, 1.807) is 6.07 Å². The van der Waals surface area contributed by atoms with E-state index in [4.69, 9.17) is 5.11 Å². The number of carbonyl (C=O) groups excluding carboxylic acids is 1. The number of carboxylic acids is 1. The normalized spacial score (nSPS) is 22.5. The van der Waals surface area contributed by atoms with Crippen LogP contribution in [0.2, 0.25) is 0 Å². The number of rotatable bonds is 3. The minimum absolute atomic E-state index is 0.0145. The summed E-state index contributed by atoms with van der Waals surface area (Å²) >= 11 is 0. The summed E-state index contributed by atoms with van der Waals surface area (Å²) < 4.78 is 0. The Balaban J connectivity index is 1.65. The third-order valence-corrected chi connectivity index (χ3v) is 3.73. The molecule has 3 heterocycles. The molecule has 0 bridgehead atoms. The standard InChI is InChI=1S/C13H16N4O3/c18-12(19)11-3-1-2-9(15-11)7-16-4-5-17-10(8-16)6-14-13(17)20/h1-3,10H,4-8H2,(H,14,20)(H,18,19). The van der Waals surface area contributed by atoms with E-state index in [9.17, 15) is 9.59 Å². The molecular formula is C13H16N4O3. The third kappa shape index (κ3) is 2.44. The number of urea groups is 1. The van der Waals surface area contributed by atoms with Crippen LogP contribution >= 0.6 is 0 Å². The Kier molecular flexibility index (Phi) is 3.27. The molecule has 1 unspecified atom stereocenters. The minimum Gasteiger partial charge on any atom is -0.477 e. The summed E-state index contributed by atoms with van der Waals surface area (Å²) in [6, 6.07) is 5.25. The van der Waals surface area contributed by atoms with E-state index >= 15 is 0 Å². The summed E-state index contributed by atoms with van der Waals surface area (Å²) in [6.45, 7) is 3.56. The molecular weight excluding hydrogens is 260 g/mol. The third-order valence-electron chi connectivity index (χ3n) is 3.73. The fraction of sp³-hybridized carbons (Fsp3) is 0.462. The second kappa shape index (κ2) is 5.09. The highest BCUT2D eigenvalue weighted by Gasteiger charge is 2.35. The van der Waals surface area contributed by atoms with Crippen LogP contribution in [0.15, 0.2) is 18.2 Å². The number of carboxylic acid groups (broad SMARTS) is 1. The van der Waals surface area contributed by atoms with Crippen LogP contribution in [-0.2, 0) is 6.54 Å². The van der Waals surface area contributed by atoms with Crippen molar-refractivity contribution in [2.45, 2.75) is 12.6 Å². The van der Waals surface area contributed by atoms with Gasteiger partial charge in [-0.2, -0.15) is 0 Å². The van der Waals surface area contributed by atoms with Gasteiger partial charge in [-0.05, 0) is 12.1 Å². The Morgan fingerprint density at radius 3 is 3.10 bits per heavy atom. The second-order valence-corrected chi connectivity index (χ2v) is 5.09. The molecule has 2 N–H and O–H groups in total. The maximum absolute atomic E-state index is 11.5. The van der Waals surface area contributed by atoms with E-state index in [1.165, 1.54) is 6.07 Å². The van der Waals surface area contributed by atoms with E-state index in [0.717, 1.165) is 18.8 Å². The number of nitrogens with one attached hydrogen (secondary N) is 1. The van der Waals surface area contributed by atoms with Gasteiger partial charge in [-0.15, -0.1) is 0 Å². The van der Waals surface area contributed by atoms with E-state index < -0.39 is 5.97 Å². The SMILES string of the molecule is O=C(O)c1cccc(CN2CCN3C(=O)NCC3C2)n1. The quantitative estimate of drug-likeness (QED) is 0.811. The van der Waals surface area contributed by atoms with Crippen molar-refractivity contribution in [2.75, 3.05) is 26.2 Å². The molecule has 2 aliphatic heterocycles. The highest BCUT2D eigenvalue weighted by Crippen LogP contribution is 2.16. The maximum atomic E-state index is 11.5. The Morgan fingerprint density at radius 1 is 1.45 bits per heavy atom. The highest BCUT2D eigenvalue weighted by molar-refractivity contribution is 5.85. The average molecular weight is 276 g/mol.